The van der Waals surface area contributed by atoms with Crippen LogP contribution in [0, 0.1) is 0 Å². The van der Waals surface area contributed by atoms with Gasteiger partial charge in [0.25, 0.3) is 11.5 Å². The van der Waals surface area contributed by atoms with Gasteiger partial charge in [0.1, 0.15) is 5.75 Å². The van der Waals surface area contributed by atoms with Gasteiger partial charge in [-0.2, -0.15) is 5.10 Å². The topological polar surface area (TPSA) is 79.7 Å². The van der Waals surface area contributed by atoms with Gasteiger partial charge in [-0.1, -0.05) is 30.7 Å². The second kappa shape index (κ2) is 10.1. The molecular weight excluding hydrogens is 442 g/mol. The van der Waals surface area contributed by atoms with E-state index in [1.165, 1.54) is 10.9 Å². The standard InChI is InChI=1S/C24H26ClN5O3/c1-3-29-10-12-30(13-11-29)23(31)17-6-4-8-19(14-17)27-22-21(16-26-28(2)24(22)32)33-20-9-5-7-18(25)15-20/h4-9,14-16,27H,3,10-13H2,1-2H3. The predicted octanol–water partition coefficient (Wildman–Crippen LogP) is 3.75. The molecule has 2 heterocycles. The lowest BCUT2D eigenvalue weighted by atomic mass is 10.1. The number of piperazine rings is 1. The summed E-state index contributed by atoms with van der Waals surface area (Å²) in [7, 11) is 1.56. The molecule has 0 spiro atoms. The van der Waals surface area contributed by atoms with E-state index in [2.05, 4.69) is 22.2 Å². The van der Waals surface area contributed by atoms with Crippen LogP contribution in [0.3, 0.4) is 0 Å². The molecule has 0 atom stereocenters. The molecule has 8 nitrogen and oxygen atoms in total. The Hall–Kier alpha value is -3.36. The van der Waals surface area contributed by atoms with Crippen molar-refractivity contribution >= 4 is 28.9 Å². The lowest BCUT2D eigenvalue weighted by Gasteiger charge is -2.34. The number of hydrogen-bond acceptors (Lipinski definition) is 6. The molecule has 1 aromatic heterocycles. The first-order valence-electron chi connectivity index (χ1n) is 10.8. The smallest absolute Gasteiger partial charge is 0.294 e. The second-order valence-electron chi connectivity index (χ2n) is 7.80. The average molecular weight is 468 g/mol. The van der Waals surface area contributed by atoms with Gasteiger partial charge in [-0.3, -0.25) is 9.59 Å². The molecule has 4 rings (SSSR count). The van der Waals surface area contributed by atoms with E-state index in [0.29, 0.717) is 35.1 Å². The summed E-state index contributed by atoms with van der Waals surface area (Å²) in [5.74, 6) is 0.718. The third-order valence-electron chi connectivity index (χ3n) is 5.61. The first-order valence-corrected chi connectivity index (χ1v) is 11.2. The van der Waals surface area contributed by atoms with E-state index in [0.717, 1.165) is 19.6 Å². The van der Waals surface area contributed by atoms with Gasteiger partial charge in [0.15, 0.2) is 11.4 Å². The SMILES string of the molecule is CCN1CCN(C(=O)c2cccc(Nc3c(Oc4cccc(Cl)c4)cnn(C)c3=O)c2)CC1. The molecule has 1 aliphatic rings. The van der Waals surface area contributed by atoms with Gasteiger partial charge in [0, 0.05) is 49.5 Å². The zero-order valence-corrected chi connectivity index (χ0v) is 19.4. The molecule has 2 aromatic carbocycles. The maximum absolute atomic E-state index is 13.0. The minimum Gasteiger partial charge on any atom is -0.453 e. The summed E-state index contributed by atoms with van der Waals surface area (Å²) in [4.78, 5) is 30.0. The largest absolute Gasteiger partial charge is 0.453 e. The Morgan fingerprint density at radius 3 is 2.61 bits per heavy atom. The number of ether oxygens (including phenoxy) is 1. The Morgan fingerprint density at radius 2 is 1.88 bits per heavy atom. The monoisotopic (exact) mass is 467 g/mol. The van der Waals surface area contributed by atoms with Crippen molar-refractivity contribution < 1.29 is 9.53 Å². The molecule has 1 N–H and O–H groups in total. The first kappa shape index (κ1) is 22.8. The number of benzene rings is 2. The number of carbonyl (C=O) groups excluding carboxylic acids is 1. The molecule has 172 valence electrons. The van der Waals surface area contributed by atoms with Crippen molar-refractivity contribution in [2.24, 2.45) is 7.05 Å². The van der Waals surface area contributed by atoms with Gasteiger partial charge >= 0.3 is 0 Å². The molecule has 0 radical (unpaired) electrons. The maximum atomic E-state index is 13.0. The zero-order chi connectivity index (χ0) is 23.4. The van der Waals surface area contributed by atoms with Crippen LogP contribution >= 0.6 is 11.6 Å². The number of halogens is 1. The molecule has 1 aliphatic heterocycles. The van der Waals surface area contributed by atoms with E-state index < -0.39 is 0 Å². The fourth-order valence-corrected chi connectivity index (χ4v) is 3.88. The predicted molar refractivity (Wildman–Crippen MR) is 129 cm³/mol. The lowest BCUT2D eigenvalue weighted by Crippen LogP contribution is -2.48. The number of aromatic nitrogens is 2. The lowest BCUT2D eigenvalue weighted by molar-refractivity contribution is 0.0643. The van der Waals surface area contributed by atoms with Gasteiger partial charge in [0.05, 0.1) is 6.20 Å². The van der Waals surface area contributed by atoms with E-state index in [-0.39, 0.29) is 22.9 Å². The molecule has 0 saturated carbocycles. The summed E-state index contributed by atoms with van der Waals surface area (Å²) in [6.45, 7) is 6.26. The highest BCUT2D eigenvalue weighted by Gasteiger charge is 2.22. The summed E-state index contributed by atoms with van der Waals surface area (Å²) < 4.78 is 7.11. The second-order valence-corrected chi connectivity index (χ2v) is 8.24. The van der Waals surface area contributed by atoms with E-state index in [4.69, 9.17) is 16.3 Å². The van der Waals surface area contributed by atoms with Crippen LogP contribution in [0.25, 0.3) is 0 Å². The number of nitrogens with zero attached hydrogens (tertiary/aromatic N) is 4. The summed E-state index contributed by atoms with van der Waals surface area (Å²) in [6, 6.07) is 14.0. The number of aryl methyl sites for hydroxylation is 1. The Balaban J connectivity index is 1.57. The van der Waals surface area contributed by atoms with E-state index in [9.17, 15) is 9.59 Å². The quantitative estimate of drug-likeness (QED) is 0.594. The number of anilines is 2. The fraction of sp³-hybridized carbons (Fsp3) is 0.292. The van der Waals surface area contributed by atoms with E-state index in [1.807, 2.05) is 4.90 Å². The Labute approximate surface area is 197 Å². The number of hydrogen-bond donors (Lipinski definition) is 1. The van der Waals surface area contributed by atoms with Crippen LogP contribution in [-0.4, -0.2) is 58.2 Å². The first-order chi connectivity index (χ1) is 15.9. The number of carbonyl (C=O) groups is 1. The van der Waals surface area contributed by atoms with Gasteiger partial charge < -0.3 is 19.9 Å². The highest BCUT2D eigenvalue weighted by atomic mass is 35.5. The van der Waals surface area contributed by atoms with Crippen LogP contribution < -0.4 is 15.6 Å². The van der Waals surface area contributed by atoms with Gasteiger partial charge in [-0.15, -0.1) is 0 Å². The molecule has 33 heavy (non-hydrogen) atoms. The third-order valence-corrected chi connectivity index (χ3v) is 5.85. The summed E-state index contributed by atoms with van der Waals surface area (Å²) in [6.07, 6.45) is 1.47. The number of likely N-dealkylation sites (N-methyl/N-ethyl adjacent to an activating group) is 1. The molecule has 9 heteroatoms. The molecule has 1 fully saturated rings. The van der Waals surface area contributed by atoms with Crippen molar-refractivity contribution in [3.63, 3.8) is 0 Å². The van der Waals surface area contributed by atoms with Crippen molar-refractivity contribution in [2.45, 2.75) is 6.92 Å². The Kier molecular flexibility index (Phi) is 6.96. The van der Waals surface area contributed by atoms with Crippen LogP contribution in [-0.2, 0) is 7.05 Å². The minimum atomic E-state index is -0.359. The van der Waals surface area contributed by atoms with Crippen molar-refractivity contribution in [3.05, 3.63) is 75.7 Å². The summed E-state index contributed by atoms with van der Waals surface area (Å²) >= 11 is 6.05. The number of rotatable bonds is 6. The maximum Gasteiger partial charge on any atom is 0.294 e. The molecule has 1 saturated heterocycles. The summed E-state index contributed by atoms with van der Waals surface area (Å²) in [5.41, 5.74) is 1.02. The van der Waals surface area contributed by atoms with Crippen LogP contribution in [0.2, 0.25) is 5.02 Å². The molecule has 0 bridgehead atoms. The zero-order valence-electron chi connectivity index (χ0n) is 18.6. The molecular formula is C24H26ClN5O3. The van der Waals surface area contributed by atoms with Crippen molar-refractivity contribution in [2.75, 3.05) is 38.0 Å². The van der Waals surface area contributed by atoms with E-state index in [1.54, 1.807) is 55.6 Å². The molecule has 0 unspecified atom stereocenters. The van der Waals surface area contributed by atoms with Crippen molar-refractivity contribution in [1.82, 2.24) is 19.6 Å². The number of nitrogens with one attached hydrogen (secondary N) is 1. The highest BCUT2D eigenvalue weighted by molar-refractivity contribution is 6.30. The normalized spacial score (nSPS) is 14.2. The summed E-state index contributed by atoms with van der Waals surface area (Å²) in [5, 5.41) is 7.70. The van der Waals surface area contributed by atoms with Crippen molar-refractivity contribution in [3.8, 4) is 11.5 Å². The van der Waals surface area contributed by atoms with Gasteiger partial charge in [-0.05, 0) is 42.9 Å². The third kappa shape index (κ3) is 5.35. The average Bonchev–Trinajstić information content (AvgIpc) is 2.83. The van der Waals surface area contributed by atoms with Gasteiger partial charge in [0.2, 0.25) is 0 Å². The van der Waals surface area contributed by atoms with Gasteiger partial charge in [-0.25, -0.2) is 4.68 Å². The minimum absolute atomic E-state index is 0.0209. The molecule has 0 aliphatic carbocycles. The van der Waals surface area contributed by atoms with Crippen LogP contribution in [0.5, 0.6) is 11.5 Å². The number of amides is 1. The van der Waals surface area contributed by atoms with Crippen molar-refractivity contribution in [1.29, 1.82) is 0 Å². The Bertz CT molecular complexity index is 1200. The fourth-order valence-electron chi connectivity index (χ4n) is 3.70. The Morgan fingerprint density at radius 1 is 1.12 bits per heavy atom. The highest BCUT2D eigenvalue weighted by Crippen LogP contribution is 2.30. The van der Waals surface area contributed by atoms with Crippen LogP contribution in [0.15, 0.2) is 59.5 Å². The van der Waals surface area contributed by atoms with E-state index >= 15 is 0 Å². The molecule has 1 amide bonds. The van der Waals surface area contributed by atoms with Crippen LogP contribution in [0.1, 0.15) is 17.3 Å². The van der Waals surface area contributed by atoms with Crippen LogP contribution in [0.4, 0.5) is 11.4 Å². The molecule has 3 aromatic rings.